The highest BCUT2D eigenvalue weighted by atomic mass is 16.5. The van der Waals surface area contributed by atoms with Crippen LogP contribution < -0.4 is 10.1 Å². The van der Waals surface area contributed by atoms with Crippen molar-refractivity contribution in [3.05, 3.63) is 83.8 Å². The summed E-state index contributed by atoms with van der Waals surface area (Å²) in [5.41, 5.74) is 6.95. The molecule has 5 aromatic rings. The van der Waals surface area contributed by atoms with Crippen molar-refractivity contribution >= 4 is 22.7 Å². The van der Waals surface area contributed by atoms with Crippen LogP contribution in [0, 0.1) is 20.8 Å². The molecule has 0 amide bonds. The van der Waals surface area contributed by atoms with E-state index < -0.39 is 0 Å². The normalized spacial score (nSPS) is 11.0. The molecule has 0 radical (unpaired) electrons. The molecule has 0 saturated heterocycles. The second kappa shape index (κ2) is 8.11. The number of aromatic nitrogens is 5. The number of H-pyrrole nitrogens is 1. The van der Waals surface area contributed by atoms with E-state index in [0.29, 0.717) is 17.5 Å². The van der Waals surface area contributed by atoms with Crippen molar-refractivity contribution in [3.63, 3.8) is 0 Å². The van der Waals surface area contributed by atoms with Gasteiger partial charge in [-0.3, -0.25) is 10.1 Å². The Hall–Kier alpha value is -4.26. The van der Waals surface area contributed by atoms with Gasteiger partial charge in [-0.1, -0.05) is 17.7 Å². The van der Waals surface area contributed by atoms with Crippen molar-refractivity contribution in [1.29, 1.82) is 0 Å². The van der Waals surface area contributed by atoms with E-state index in [-0.39, 0.29) is 0 Å². The first-order chi connectivity index (χ1) is 15.6. The Bertz CT molecular complexity index is 1370. The summed E-state index contributed by atoms with van der Waals surface area (Å²) in [7, 11) is 0. The van der Waals surface area contributed by atoms with Crippen molar-refractivity contribution < 1.29 is 4.74 Å². The second-order valence-electron chi connectivity index (χ2n) is 7.75. The Morgan fingerprint density at radius 1 is 0.844 bits per heavy atom. The molecule has 7 nitrogen and oxygen atoms in total. The summed E-state index contributed by atoms with van der Waals surface area (Å²) < 4.78 is 6.34. The maximum Gasteiger partial charge on any atom is 0.235 e. The maximum atomic E-state index is 6.34. The van der Waals surface area contributed by atoms with Crippen LogP contribution in [0.1, 0.15) is 16.7 Å². The molecular formula is C25H22N6O. The molecule has 0 fully saturated rings. The van der Waals surface area contributed by atoms with Crippen LogP contribution in [-0.4, -0.2) is 25.1 Å². The zero-order valence-electron chi connectivity index (χ0n) is 18.0. The molecule has 158 valence electrons. The standard InChI is InChI=1S/C25H22N6O/c1-15-4-6-20(7-5-15)28-25-29-23-21(14-27-31-23)24(30-25)32-22-16(2)12-19(13-17(22)3)18-8-10-26-11-9-18/h4-14H,1-3H3,(H2,27,28,29,30,31). The molecule has 2 N–H and O–H groups in total. The van der Waals surface area contributed by atoms with E-state index in [9.17, 15) is 0 Å². The van der Waals surface area contributed by atoms with Crippen molar-refractivity contribution in [3.8, 4) is 22.8 Å². The highest BCUT2D eigenvalue weighted by Gasteiger charge is 2.15. The summed E-state index contributed by atoms with van der Waals surface area (Å²) in [6.07, 6.45) is 5.27. The van der Waals surface area contributed by atoms with Gasteiger partial charge < -0.3 is 10.1 Å². The lowest BCUT2D eigenvalue weighted by Crippen LogP contribution is -2.01. The number of aromatic amines is 1. The van der Waals surface area contributed by atoms with E-state index in [4.69, 9.17) is 4.74 Å². The van der Waals surface area contributed by atoms with Gasteiger partial charge in [-0.25, -0.2) is 0 Å². The number of ether oxygens (including phenoxy) is 1. The molecule has 0 aliphatic carbocycles. The summed E-state index contributed by atoms with van der Waals surface area (Å²) in [6, 6.07) is 16.3. The number of aryl methyl sites for hydroxylation is 3. The minimum absolute atomic E-state index is 0.435. The summed E-state index contributed by atoms with van der Waals surface area (Å²) in [5, 5.41) is 11.0. The Morgan fingerprint density at radius 2 is 1.56 bits per heavy atom. The molecule has 0 aliphatic rings. The van der Waals surface area contributed by atoms with Gasteiger partial charge in [0.15, 0.2) is 5.65 Å². The third-order valence-electron chi connectivity index (χ3n) is 5.26. The molecule has 2 aromatic carbocycles. The molecule has 0 atom stereocenters. The fourth-order valence-corrected chi connectivity index (χ4v) is 3.63. The molecule has 0 unspecified atom stereocenters. The first kappa shape index (κ1) is 19.7. The smallest absolute Gasteiger partial charge is 0.235 e. The van der Waals surface area contributed by atoms with E-state index in [1.54, 1.807) is 18.6 Å². The molecule has 5 rings (SSSR count). The molecule has 3 aromatic heterocycles. The zero-order chi connectivity index (χ0) is 22.1. The number of hydrogen-bond acceptors (Lipinski definition) is 6. The zero-order valence-corrected chi connectivity index (χ0v) is 18.0. The second-order valence-corrected chi connectivity index (χ2v) is 7.75. The third kappa shape index (κ3) is 3.88. The highest BCUT2D eigenvalue weighted by Crippen LogP contribution is 2.35. The molecule has 0 bridgehead atoms. The van der Waals surface area contributed by atoms with E-state index in [1.165, 1.54) is 5.56 Å². The van der Waals surface area contributed by atoms with E-state index in [2.05, 4.69) is 42.6 Å². The monoisotopic (exact) mass is 422 g/mol. The molecule has 32 heavy (non-hydrogen) atoms. The Morgan fingerprint density at radius 3 is 2.28 bits per heavy atom. The predicted molar refractivity (Wildman–Crippen MR) is 125 cm³/mol. The third-order valence-corrected chi connectivity index (χ3v) is 5.26. The minimum atomic E-state index is 0.435. The van der Waals surface area contributed by atoms with Crippen molar-refractivity contribution in [2.45, 2.75) is 20.8 Å². The van der Waals surface area contributed by atoms with Crippen LogP contribution in [0.5, 0.6) is 11.6 Å². The largest absolute Gasteiger partial charge is 0.437 e. The van der Waals surface area contributed by atoms with Crippen molar-refractivity contribution in [1.82, 2.24) is 25.1 Å². The number of nitrogens with one attached hydrogen (secondary N) is 2. The highest BCUT2D eigenvalue weighted by molar-refractivity contribution is 5.81. The van der Waals surface area contributed by atoms with Gasteiger partial charge in [0.25, 0.3) is 0 Å². The van der Waals surface area contributed by atoms with Crippen molar-refractivity contribution in [2.75, 3.05) is 5.32 Å². The van der Waals surface area contributed by atoms with Gasteiger partial charge in [0.2, 0.25) is 11.8 Å². The summed E-state index contributed by atoms with van der Waals surface area (Å²) in [4.78, 5) is 13.3. The van der Waals surface area contributed by atoms with Crippen molar-refractivity contribution in [2.24, 2.45) is 0 Å². The van der Waals surface area contributed by atoms with Gasteiger partial charge >= 0.3 is 0 Å². The number of fused-ring (bicyclic) bond motifs is 1. The number of rotatable bonds is 5. The predicted octanol–water partition coefficient (Wildman–Crippen LogP) is 5.88. The lowest BCUT2D eigenvalue weighted by Gasteiger charge is -2.15. The van der Waals surface area contributed by atoms with Gasteiger partial charge in [-0.2, -0.15) is 15.1 Å². The number of anilines is 2. The quantitative estimate of drug-likeness (QED) is 0.368. The average Bonchev–Trinajstić information content (AvgIpc) is 3.27. The van der Waals surface area contributed by atoms with Gasteiger partial charge in [-0.15, -0.1) is 0 Å². The minimum Gasteiger partial charge on any atom is -0.437 e. The number of benzene rings is 2. The SMILES string of the molecule is Cc1ccc(Nc2nc(Oc3c(C)cc(-c4ccncc4)cc3C)c3cn[nH]c3n2)cc1. The number of pyridine rings is 1. The van der Waals surface area contributed by atoms with Gasteiger partial charge in [-0.05, 0) is 79.4 Å². The summed E-state index contributed by atoms with van der Waals surface area (Å²) in [6.45, 7) is 6.12. The van der Waals surface area contributed by atoms with Crippen LogP contribution in [0.15, 0.2) is 67.1 Å². The maximum absolute atomic E-state index is 6.34. The Labute approximate surface area is 185 Å². The topological polar surface area (TPSA) is 88.6 Å². The van der Waals surface area contributed by atoms with Gasteiger partial charge in [0.1, 0.15) is 11.1 Å². The van der Waals surface area contributed by atoms with Crippen LogP contribution in [0.2, 0.25) is 0 Å². The van der Waals surface area contributed by atoms with Crippen LogP contribution in [-0.2, 0) is 0 Å². The first-order valence-corrected chi connectivity index (χ1v) is 10.3. The molecular weight excluding hydrogens is 400 g/mol. The average molecular weight is 422 g/mol. The molecule has 0 aliphatic heterocycles. The molecule has 0 spiro atoms. The van der Waals surface area contributed by atoms with Crippen LogP contribution in [0.3, 0.4) is 0 Å². The van der Waals surface area contributed by atoms with E-state index in [0.717, 1.165) is 39.1 Å². The van der Waals surface area contributed by atoms with Crippen LogP contribution >= 0.6 is 0 Å². The molecule has 7 heteroatoms. The summed E-state index contributed by atoms with van der Waals surface area (Å²) >= 11 is 0. The van der Waals surface area contributed by atoms with Gasteiger partial charge in [0, 0.05) is 18.1 Å². The Balaban J connectivity index is 1.51. The molecule has 0 saturated carbocycles. The Kier molecular flexibility index (Phi) is 4.99. The fourth-order valence-electron chi connectivity index (χ4n) is 3.63. The lowest BCUT2D eigenvalue weighted by molar-refractivity contribution is 0.462. The first-order valence-electron chi connectivity index (χ1n) is 10.3. The lowest BCUT2D eigenvalue weighted by atomic mass is 10.0. The molecule has 3 heterocycles. The van der Waals surface area contributed by atoms with E-state index in [1.807, 2.05) is 57.2 Å². The van der Waals surface area contributed by atoms with Crippen LogP contribution in [0.4, 0.5) is 11.6 Å². The number of hydrogen-bond donors (Lipinski definition) is 2. The summed E-state index contributed by atoms with van der Waals surface area (Å²) in [5.74, 6) is 1.65. The van der Waals surface area contributed by atoms with E-state index >= 15 is 0 Å². The fraction of sp³-hybridized carbons (Fsp3) is 0.120. The van der Waals surface area contributed by atoms with Gasteiger partial charge in [0.05, 0.1) is 6.20 Å². The number of nitrogens with zero attached hydrogens (tertiary/aromatic N) is 4. The van der Waals surface area contributed by atoms with Crippen LogP contribution in [0.25, 0.3) is 22.2 Å².